The summed E-state index contributed by atoms with van der Waals surface area (Å²) < 4.78 is 1.78. The van der Waals surface area contributed by atoms with Crippen LogP contribution < -0.4 is 0 Å². The number of nitrogens with zero attached hydrogens (tertiary/aromatic N) is 4. The van der Waals surface area contributed by atoms with Crippen LogP contribution in [0.5, 0.6) is 0 Å². The number of hydrogen-bond acceptors (Lipinski definition) is 4. The van der Waals surface area contributed by atoms with Gasteiger partial charge in [0, 0.05) is 12.0 Å². The Balaban J connectivity index is 2.33. The fraction of sp³-hybridized carbons (Fsp3) is 0.429. The van der Waals surface area contributed by atoms with Crippen molar-refractivity contribution in [1.29, 1.82) is 0 Å². The van der Waals surface area contributed by atoms with Gasteiger partial charge < -0.3 is 0 Å². The first-order valence-electron chi connectivity index (χ1n) is 6.55. The van der Waals surface area contributed by atoms with Crippen LogP contribution in [0.1, 0.15) is 39.2 Å². The fourth-order valence-electron chi connectivity index (χ4n) is 2.19. The molecule has 2 rings (SSSR count). The molecule has 1 atom stereocenters. The van der Waals surface area contributed by atoms with E-state index in [0.717, 1.165) is 24.2 Å². The van der Waals surface area contributed by atoms with Crippen molar-refractivity contribution in [2.45, 2.75) is 39.2 Å². The minimum atomic E-state index is 0.0349. The summed E-state index contributed by atoms with van der Waals surface area (Å²) in [5, 5.41) is 11.9. The molecule has 0 radical (unpaired) electrons. The number of ketones is 1. The minimum Gasteiger partial charge on any atom is -0.300 e. The summed E-state index contributed by atoms with van der Waals surface area (Å²) in [6.45, 7) is 3.70. The van der Waals surface area contributed by atoms with Crippen LogP contribution in [0, 0.1) is 0 Å². The molecule has 1 heterocycles. The summed E-state index contributed by atoms with van der Waals surface area (Å²) in [7, 11) is 0. The number of carbonyl (C=O) groups excluding carboxylic acids is 1. The maximum absolute atomic E-state index is 11.4. The van der Waals surface area contributed by atoms with Gasteiger partial charge in [0.15, 0.2) is 5.82 Å². The molecule has 0 aliphatic heterocycles. The first-order chi connectivity index (χ1) is 9.22. The Labute approximate surface area is 112 Å². The zero-order chi connectivity index (χ0) is 13.7. The molecule has 0 aliphatic rings. The van der Waals surface area contributed by atoms with Gasteiger partial charge in [-0.15, -0.1) is 5.10 Å². The third-order valence-electron chi connectivity index (χ3n) is 3.02. The lowest BCUT2D eigenvalue weighted by Gasteiger charge is -2.16. The maximum Gasteiger partial charge on any atom is 0.182 e. The van der Waals surface area contributed by atoms with E-state index in [-0.39, 0.29) is 11.8 Å². The van der Waals surface area contributed by atoms with Gasteiger partial charge in [-0.3, -0.25) is 4.79 Å². The van der Waals surface area contributed by atoms with E-state index in [0.29, 0.717) is 6.42 Å². The zero-order valence-corrected chi connectivity index (χ0v) is 11.3. The van der Waals surface area contributed by atoms with E-state index < -0.39 is 0 Å². The Hall–Kier alpha value is -2.04. The quantitative estimate of drug-likeness (QED) is 0.799. The van der Waals surface area contributed by atoms with E-state index in [9.17, 15) is 4.79 Å². The molecule has 0 N–H and O–H groups in total. The second-order valence-corrected chi connectivity index (χ2v) is 4.66. The molecule has 19 heavy (non-hydrogen) atoms. The third kappa shape index (κ3) is 3.24. The smallest absolute Gasteiger partial charge is 0.182 e. The highest BCUT2D eigenvalue weighted by Gasteiger charge is 2.19. The predicted molar refractivity (Wildman–Crippen MR) is 72.5 cm³/mol. The van der Waals surface area contributed by atoms with Crippen molar-refractivity contribution in [3.63, 3.8) is 0 Å². The third-order valence-corrected chi connectivity index (χ3v) is 3.02. The number of benzene rings is 1. The molecule has 1 unspecified atom stereocenters. The van der Waals surface area contributed by atoms with Crippen LogP contribution in [0.4, 0.5) is 0 Å². The van der Waals surface area contributed by atoms with E-state index in [1.54, 1.807) is 11.6 Å². The van der Waals surface area contributed by atoms with Crippen LogP contribution in [0.15, 0.2) is 30.3 Å². The Morgan fingerprint density at radius 1 is 1.32 bits per heavy atom. The van der Waals surface area contributed by atoms with Crippen LogP contribution >= 0.6 is 0 Å². The van der Waals surface area contributed by atoms with Gasteiger partial charge in [-0.1, -0.05) is 43.7 Å². The van der Waals surface area contributed by atoms with Gasteiger partial charge in [0.05, 0.1) is 6.04 Å². The van der Waals surface area contributed by atoms with Gasteiger partial charge in [0.1, 0.15) is 5.78 Å². The van der Waals surface area contributed by atoms with Gasteiger partial charge in [0.25, 0.3) is 0 Å². The van der Waals surface area contributed by atoms with E-state index in [2.05, 4.69) is 22.4 Å². The highest BCUT2D eigenvalue weighted by molar-refractivity contribution is 5.76. The summed E-state index contributed by atoms with van der Waals surface area (Å²) in [5.41, 5.74) is 0.970. The van der Waals surface area contributed by atoms with E-state index >= 15 is 0 Å². The fourth-order valence-corrected chi connectivity index (χ4v) is 2.19. The van der Waals surface area contributed by atoms with Crippen molar-refractivity contribution in [3.05, 3.63) is 30.3 Å². The standard InChI is InChI=1S/C14H18N4O/c1-3-7-13(10-11(2)19)18-14(15-16-17-18)12-8-5-4-6-9-12/h4-6,8-9,13H,3,7,10H2,1-2H3. The SMILES string of the molecule is CCCC(CC(C)=O)n1nnnc1-c1ccccc1. The Bertz CT molecular complexity index is 535. The summed E-state index contributed by atoms with van der Waals surface area (Å²) in [4.78, 5) is 11.4. The Morgan fingerprint density at radius 2 is 2.05 bits per heavy atom. The van der Waals surface area contributed by atoms with Crippen LogP contribution in [0.25, 0.3) is 11.4 Å². The first-order valence-corrected chi connectivity index (χ1v) is 6.55. The Morgan fingerprint density at radius 3 is 2.68 bits per heavy atom. The van der Waals surface area contributed by atoms with Gasteiger partial charge in [-0.05, 0) is 23.8 Å². The van der Waals surface area contributed by atoms with Crippen molar-refractivity contribution in [2.24, 2.45) is 0 Å². The van der Waals surface area contributed by atoms with Crippen molar-refractivity contribution >= 4 is 5.78 Å². The second kappa shape index (κ2) is 6.22. The average Bonchev–Trinajstić information content (AvgIpc) is 2.88. The van der Waals surface area contributed by atoms with Crippen molar-refractivity contribution < 1.29 is 4.79 Å². The molecule has 5 heteroatoms. The topological polar surface area (TPSA) is 60.7 Å². The average molecular weight is 258 g/mol. The predicted octanol–water partition coefficient (Wildman–Crippen LogP) is 2.66. The molecule has 0 saturated heterocycles. The second-order valence-electron chi connectivity index (χ2n) is 4.66. The van der Waals surface area contributed by atoms with Crippen LogP contribution in [-0.2, 0) is 4.79 Å². The molecular weight excluding hydrogens is 240 g/mol. The molecular formula is C14H18N4O. The summed E-state index contributed by atoms with van der Waals surface area (Å²) in [5.74, 6) is 0.883. The first kappa shape index (κ1) is 13.4. The molecule has 5 nitrogen and oxygen atoms in total. The number of aromatic nitrogens is 4. The molecule has 0 amide bonds. The molecule has 2 aromatic rings. The normalized spacial score (nSPS) is 12.3. The number of Topliss-reactive ketones (excluding diaryl/α,β-unsaturated/α-hetero) is 1. The molecule has 1 aromatic heterocycles. The van der Waals surface area contributed by atoms with Crippen molar-refractivity contribution in [2.75, 3.05) is 0 Å². The van der Waals surface area contributed by atoms with Gasteiger partial charge in [0.2, 0.25) is 0 Å². The molecule has 0 aliphatic carbocycles. The van der Waals surface area contributed by atoms with Crippen LogP contribution in [0.3, 0.4) is 0 Å². The lowest BCUT2D eigenvalue weighted by atomic mass is 10.1. The van der Waals surface area contributed by atoms with Crippen LogP contribution in [-0.4, -0.2) is 26.0 Å². The minimum absolute atomic E-state index is 0.0349. The molecule has 1 aromatic carbocycles. The van der Waals surface area contributed by atoms with Gasteiger partial charge in [-0.2, -0.15) is 0 Å². The molecule has 0 fully saturated rings. The molecule has 100 valence electrons. The lowest BCUT2D eigenvalue weighted by Crippen LogP contribution is -2.15. The van der Waals surface area contributed by atoms with Crippen molar-refractivity contribution in [3.8, 4) is 11.4 Å². The van der Waals surface area contributed by atoms with E-state index in [1.165, 1.54) is 0 Å². The lowest BCUT2D eigenvalue weighted by molar-refractivity contribution is -0.117. The van der Waals surface area contributed by atoms with Gasteiger partial charge in [-0.25, -0.2) is 4.68 Å². The highest BCUT2D eigenvalue weighted by atomic mass is 16.1. The summed E-state index contributed by atoms with van der Waals surface area (Å²) in [6.07, 6.45) is 2.36. The van der Waals surface area contributed by atoms with E-state index in [4.69, 9.17) is 0 Å². The number of carbonyl (C=O) groups is 1. The van der Waals surface area contributed by atoms with Gasteiger partial charge >= 0.3 is 0 Å². The van der Waals surface area contributed by atoms with E-state index in [1.807, 2.05) is 30.3 Å². The highest BCUT2D eigenvalue weighted by Crippen LogP contribution is 2.24. The zero-order valence-electron chi connectivity index (χ0n) is 11.3. The van der Waals surface area contributed by atoms with Crippen LogP contribution in [0.2, 0.25) is 0 Å². The maximum atomic E-state index is 11.4. The largest absolute Gasteiger partial charge is 0.300 e. The summed E-state index contributed by atoms with van der Waals surface area (Å²) in [6, 6.07) is 9.84. The number of hydrogen-bond donors (Lipinski definition) is 0. The summed E-state index contributed by atoms with van der Waals surface area (Å²) >= 11 is 0. The molecule has 0 saturated carbocycles. The number of tetrazole rings is 1. The molecule has 0 spiro atoms. The monoisotopic (exact) mass is 258 g/mol. The number of rotatable bonds is 6. The Kier molecular flexibility index (Phi) is 4.39. The molecule has 0 bridgehead atoms. The van der Waals surface area contributed by atoms with Crippen molar-refractivity contribution in [1.82, 2.24) is 20.2 Å².